The summed E-state index contributed by atoms with van der Waals surface area (Å²) in [5.74, 6) is -0.0548. The molecule has 0 aliphatic carbocycles. The number of anilines is 1. The maximum Gasteiger partial charge on any atom is 0.261 e. The highest BCUT2D eigenvalue weighted by Crippen LogP contribution is 2.40. The topological polar surface area (TPSA) is 66.6 Å². The van der Waals surface area contributed by atoms with Crippen molar-refractivity contribution in [2.45, 2.75) is 18.9 Å². The van der Waals surface area contributed by atoms with Crippen molar-refractivity contribution in [3.05, 3.63) is 40.4 Å². The molecule has 7 heteroatoms. The monoisotopic (exact) mass is 391 g/mol. The molecule has 0 unspecified atom stereocenters. The van der Waals surface area contributed by atoms with E-state index in [-0.39, 0.29) is 30.3 Å². The van der Waals surface area contributed by atoms with Crippen LogP contribution < -0.4 is 5.73 Å². The van der Waals surface area contributed by atoms with Gasteiger partial charge in [-0.15, -0.1) is 12.4 Å². The zero-order chi connectivity index (χ0) is 17.3. The molecule has 26 heavy (non-hydrogen) atoms. The average molecular weight is 392 g/mol. The van der Waals surface area contributed by atoms with Gasteiger partial charge < -0.3 is 10.6 Å². The van der Waals surface area contributed by atoms with Gasteiger partial charge >= 0.3 is 0 Å². The number of amides is 2. The van der Waals surface area contributed by atoms with Crippen LogP contribution in [0.1, 0.15) is 33.6 Å². The first-order valence-electron chi connectivity index (χ1n) is 8.67. The van der Waals surface area contributed by atoms with Gasteiger partial charge in [-0.3, -0.25) is 14.5 Å². The van der Waals surface area contributed by atoms with Crippen LogP contribution in [-0.2, 0) is 0 Å². The predicted molar refractivity (Wildman–Crippen MR) is 104 cm³/mol. The SMILES string of the molecule is Cl.Nc1c(Cl)cc2c3c(cccc13)C(=O)N([C@@H]1CN3CCC1CC3)C2=O. The first-order valence-corrected chi connectivity index (χ1v) is 9.05. The molecule has 0 aromatic heterocycles. The van der Waals surface area contributed by atoms with Crippen molar-refractivity contribution in [2.24, 2.45) is 5.92 Å². The van der Waals surface area contributed by atoms with Gasteiger partial charge in [0.2, 0.25) is 0 Å². The molecule has 0 saturated carbocycles. The zero-order valence-corrected chi connectivity index (χ0v) is 15.6. The number of carbonyl (C=O) groups is 2. The van der Waals surface area contributed by atoms with Crippen LogP contribution in [0.2, 0.25) is 5.02 Å². The fourth-order valence-electron chi connectivity index (χ4n) is 4.70. The van der Waals surface area contributed by atoms with Crippen LogP contribution in [0, 0.1) is 5.92 Å². The molecule has 2 aromatic rings. The van der Waals surface area contributed by atoms with Gasteiger partial charge in [0, 0.05) is 22.9 Å². The van der Waals surface area contributed by atoms with E-state index in [0.29, 0.717) is 38.5 Å². The molecule has 2 amide bonds. The molecule has 5 nitrogen and oxygen atoms in total. The average Bonchev–Trinajstić information content (AvgIpc) is 2.64. The number of carbonyl (C=O) groups excluding carboxylic acids is 2. The van der Waals surface area contributed by atoms with E-state index >= 15 is 0 Å². The fourth-order valence-corrected chi connectivity index (χ4v) is 4.91. The first-order chi connectivity index (χ1) is 12.1. The third-order valence-electron chi connectivity index (χ3n) is 6.00. The van der Waals surface area contributed by atoms with E-state index in [0.717, 1.165) is 32.5 Å². The summed E-state index contributed by atoms with van der Waals surface area (Å²) in [4.78, 5) is 30.3. The Bertz CT molecular complexity index is 938. The molecular weight excluding hydrogens is 373 g/mol. The summed E-state index contributed by atoms with van der Waals surface area (Å²) in [5.41, 5.74) is 7.53. The fraction of sp³-hybridized carbons (Fsp3) is 0.368. The molecule has 2 bridgehead atoms. The van der Waals surface area contributed by atoms with Crippen LogP contribution in [0.4, 0.5) is 5.69 Å². The van der Waals surface area contributed by atoms with Gasteiger partial charge in [0.15, 0.2) is 0 Å². The lowest BCUT2D eigenvalue weighted by atomic mass is 9.81. The summed E-state index contributed by atoms with van der Waals surface area (Å²) in [6.45, 7) is 2.90. The molecule has 6 rings (SSSR count). The Hall–Kier alpha value is -1.82. The highest BCUT2D eigenvalue weighted by atomic mass is 35.5. The van der Waals surface area contributed by atoms with Gasteiger partial charge in [-0.25, -0.2) is 0 Å². The normalized spacial score (nSPS) is 27.0. The van der Waals surface area contributed by atoms with Gasteiger partial charge in [0.1, 0.15) is 0 Å². The third kappa shape index (κ3) is 2.27. The van der Waals surface area contributed by atoms with E-state index in [1.54, 1.807) is 18.2 Å². The van der Waals surface area contributed by atoms with E-state index in [2.05, 4.69) is 4.90 Å². The van der Waals surface area contributed by atoms with Crippen molar-refractivity contribution < 1.29 is 9.59 Å². The summed E-state index contributed by atoms with van der Waals surface area (Å²) in [6.07, 6.45) is 2.09. The maximum atomic E-state index is 13.2. The first kappa shape index (κ1) is 17.6. The molecule has 4 aliphatic heterocycles. The van der Waals surface area contributed by atoms with Crippen molar-refractivity contribution in [3.8, 4) is 0 Å². The number of nitrogens with zero attached hydrogens (tertiary/aromatic N) is 2. The molecule has 136 valence electrons. The molecule has 3 saturated heterocycles. The van der Waals surface area contributed by atoms with E-state index in [1.807, 2.05) is 6.07 Å². The van der Waals surface area contributed by atoms with Crippen LogP contribution in [0.15, 0.2) is 24.3 Å². The van der Waals surface area contributed by atoms with E-state index in [4.69, 9.17) is 17.3 Å². The number of nitrogen functional groups attached to an aromatic ring is 1. The number of benzene rings is 2. The Morgan fingerprint density at radius 3 is 2.42 bits per heavy atom. The number of rotatable bonds is 1. The van der Waals surface area contributed by atoms with Gasteiger partial charge in [0.25, 0.3) is 11.8 Å². The van der Waals surface area contributed by atoms with Crippen molar-refractivity contribution in [3.63, 3.8) is 0 Å². The van der Waals surface area contributed by atoms with Crippen molar-refractivity contribution in [1.29, 1.82) is 0 Å². The largest absolute Gasteiger partial charge is 0.397 e. The number of hydrogen-bond donors (Lipinski definition) is 1. The molecule has 4 aliphatic rings. The van der Waals surface area contributed by atoms with Crippen LogP contribution in [0.5, 0.6) is 0 Å². The van der Waals surface area contributed by atoms with E-state index in [9.17, 15) is 9.59 Å². The lowest BCUT2D eigenvalue weighted by Crippen LogP contribution is -2.60. The lowest BCUT2D eigenvalue weighted by molar-refractivity contribution is 0.00882. The third-order valence-corrected chi connectivity index (χ3v) is 6.32. The summed E-state index contributed by atoms with van der Waals surface area (Å²) in [6, 6.07) is 6.96. The van der Waals surface area contributed by atoms with Crippen LogP contribution >= 0.6 is 24.0 Å². The van der Waals surface area contributed by atoms with Gasteiger partial charge in [0.05, 0.1) is 22.3 Å². The summed E-state index contributed by atoms with van der Waals surface area (Å²) in [7, 11) is 0. The van der Waals surface area contributed by atoms with Crippen molar-refractivity contribution in [2.75, 3.05) is 25.4 Å². The smallest absolute Gasteiger partial charge is 0.261 e. The minimum absolute atomic E-state index is 0. The zero-order valence-electron chi connectivity index (χ0n) is 14.1. The Morgan fingerprint density at radius 1 is 1.08 bits per heavy atom. The van der Waals surface area contributed by atoms with Crippen LogP contribution in [0.3, 0.4) is 0 Å². The molecule has 0 spiro atoms. The summed E-state index contributed by atoms with van der Waals surface area (Å²) >= 11 is 6.26. The number of piperidine rings is 3. The predicted octanol–water partition coefficient (Wildman–Crippen LogP) is 3.19. The summed E-state index contributed by atoms with van der Waals surface area (Å²) in [5, 5.41) is 1.67. The highest BCUT2D eigenvalue weighted by Gasteiger charge is 2.45. The number of hydrogen-bond acceptors (Lipinski definition) is 4. The number of nitrogens with two attached hydrogens (primary N) is 1. The Balaban J connectivity index is 0.00000168. The number of fused-ring (bicyclic) bond motifs is 3. The van der Waals surface area contributed by atoms with Crippen LogP contribution in [-0.4, -0.2) is 47.3 Å². The standard InChI is InChI=1S/C19H18ClN3O2.ClH/c20-14-8-13-16-11(17(14)21)2-1-3-12(16)18(24)23(19(13)25)15-9-22-6-4-10(15)5-7-22;/h1-3,8,10,15H,4-7,9,21H2;1H/t15-;/m1./s1. The molecule has 1 atom stereocenters. The van der Waals surface area contributed by atoms with E-state index < -0.39 is 0 Å². The summed E-state index contributed by atoms with van der Waals surface area (Å²) < 4.78 is 0. The molecule has 0 radical (unpaired) electrons. The molecular formula is C19H19Cl2N3O2. The Labute approximate surface area is 162 Å². The van der Waals surface area contributed by atoms with Gasteiger partial charge in [-0.05, 0) is 44.0 Å². The van der Waals surface area contributed by atoms with Crippen molar-refractivity contribution in [1.82, 2.24) is 9.80 Å². The van der Waals surface area contributed by atoms with Crippen molar-refractivity contribution >= 4 is 52.3 Å². The molecule has 2 aromatic carbocycles. The number of halogens is 2. The second-order valence-electron chi connectivity index (χ2n) is 7.23. The Kier molecular flexibility index (Phi) is 4.14. The molecule has 4 heterocycles. The Morgan fingerprint density at radius 2 is 1.77 bits per heavy atom. The van der Waals surface area contributed by atoms with Gasteiger partial charge in [-0.2, -0.15) is 0 Å². The molecule has 3 fully saturated rings. The number of imide groups is 1. The maximum absolute atomic E-state index is 13.2. The minimum Gasteiger partial charge on any atom is -0.397 e. The second kappa shape index (κ2) is 6.12. The second-order valence-corrected chi connectivity index (χ2v) is 7.64. The molecule has 2 N–H and O–H groups in total. The minimum atomic E-state index is -0.241. The van der Waals surface area contributed by atoms with Crippen LogP contribution in [0.25, 0.3) is 10.8 Å². The quantitative estimate of drug-likeness (QED) is 0.598. The lowest BCUT2D eigenvalue weighted by Gasteiger charge is -2.49. The highest BCUT2D eigenvalue weighted by molar-refractivity contribution is 6.37. The van der Waals surface area contributed by atoms with Gasteiger partial charge in [-0.1, -0.05) is 23.7 Å². The van der Waals surface area contributed by atoms with E-state index in [1.165, 1.54) is 4.90 Å².